The molecule has 0 saturated carbocycles. The van der Waals surface area contributed by atoms with Crippen LogP contribution in [0, 0.1) is 12.7 Å². The number of halogens is 1. The second kappa shape index (κ2) is 6.70. The van der Waals surface area contributed by atoms with E-state index in [4.69, 9.17) is 5.11 Å². The summed E-state index contributed by atoms with van der Waals surface area (Å²) in [7, 11) is 0. The maximum absolute atomic E-state index is 13.9. The van der Waals surface area contributed by atoms with Crippen LogP contribution in [0.25, 0.3) is 0 Å². The summed E-state index contributed by atoms with van der Waals surface area (Å²) >= 11 is 0. The Morgan fingerprint density at radius 3 is 2.86 bits per heavy atom. The highest BCUT2D eigenvalue weighted by Crippen LogP contribution is 2.24. The SMILES string of the molecule is Cc1ccc(F)c(C(=O)N2CCCC[C@H]2CCC(=O)O)c1. The van der Waals surface area contributed by atoms with Gasteiger partial charge in [-0.05, 0) is 44.7 Å². The first-order valence-electron chi connectivity index (χ1n) is 7.28. The number of likely N-dealkylation sites (tertiary alicyclic amines) is 1. The summed E-state index contributed by atoms with van der Waals surface area (Å²) in [5.41, 5.74) is 0.913. The summed E-state index contributed by atoms with van der Waals surface area (Å²) < 4.78 is 13.9. The van der Waals surface area contributed by atoms with E-state index in [0.29, 0.717) is 13.0 Å². The first-order chi connectivity index (χ1) is 9.99. The zero-order chi connectivity index (χ0) is 15.4. The van der Waals surface area contributed by atoms with Crippen molar-refractivity contribution in [2.45, 2.75) is 45.1 Å². The molecule has 1 atom stereocenters. The van der Waals surface area contributed by atoms with Gasteiger partial charge in [0.1, 0.15) is 5.82 Å². The minimum absolute atomic E-state index is 0.0325. The number of piperidine rings is 1. The van der Waals surface area contributed by atoms with Crippen LogP contribution in [0.1, 0.15) is 48.0 Å². The number of benzene rings is 1. The number of carbonyl (C=O) groups excluding carboxylic acids is 1. The van der Waals surface area contributed by atoms with Gasteiger partial charge in [0.15, 0.2) is 0 Å². The summed E-state index contributed by atoms with van der Waals surface area (Å²) in [4.78, 5) is 24.9. The van der Waals surface area contributed by atoms with Gasteiger partial charge in [0.25, 0.3) is 5.91 Å². The Hall–Kier alpha value is -1.91. The third-order valence-corrected chi connectivity index (χ3v) is 3.93. The third-order valence-electron chi connectivity index (χ3n) is 3.93. The lowest BCUT2D eigenvalue weighted by atomic mass is 9.96. The predicted octanol–water partition coefficient (Wildman–Crippen LogP) is 2.99. The van der Waals surface area contributed by atoms with E-state index in [1.165, 1.54) is 6.07 Å². The van der Waals surface area contributed by atoms with Gasteiger partial charge in [0.05, 0.1) is 5.56 Å². The van der Waals surface area contributed by atoms with Gasteiger partial charge >= 0.3 is 5.97 Å². The largest absolute Gasteiger partial charge is 0.481 e. The second-order valence-corrected chi connectivity index (χ2v) is 5.56. The van der Waals surface area contributed by atoms with Crippen molar-refractivity contribution in [2.24, 2.45) is 0 Å². The van der Waals surface area contributed by atoms with Crippen LogP contribution in [0.4, 0.5) is 4.39 Å². The molecule has 4 nitrogen and oxygen atoms in total. The number of rotatable bonds is 4. The van der Waals surface area contributed by atoms with Gasteiger partial charge in [0, 0.05) is 19.0 Å². The molecule has 1 aliphatic rings. The van der Waals surface area contributed by atoms with Crippen LogP contribution in [0.5, 0.6) is 0 Å². The molecule has 1 saturated heterocycles. The standard InChI is InChI=1S/C16H20FNO3/c1-11-5-7-14(17)13(10-11)16(21)18-9-3-2-4-12(18)6-8-15(19)20/h5,7,10,12H,2-4,6,8-9H2,1H3,(H,19,20)/t12-/m0/s1. The molecule has 114 valence electrons. The lowest BCUT2D eigenvalue weighted by molar-refractivity contribution is -0.137. The van der Waals surface area contributed by atoms with Crippen molar-refractivity contribution in [3.63, 3.8) is 0 Å². The van der Waals surface area contributed by atoms with Crippen LogP contribution in [0.15, 0.2) is 18.2 Å². The number of aryl methyl sites for hydroxylation is 1. The Kier molecular flexibility index (Phi) is 4.94. The van der Waals surface area contributed by atoms with Crippen LogP contribution in [0.3, 0.4) is 0 Å². The van der Waals surface area contributed by atoms with Crippen molar-refractivity contribution in [3.05, 3.63) is 35.1 Å². The van der Waals surface area contributed by atoms with E-state index >= 15 is 0 Å². The van der Waals surface area contributed by atoms with Gasteiger partial charge in [-0.15, -0.1) is 0 Å². The highest BCUT2D eigenvalue weighted by molar-refractivity contribution is 5.95. The van der Waals surface area contributed by atoms with E-state index in [2.05, 4.69) is 0 Å². The second-order valence-electron chi connectivity index (χ2n) is 5.56. The third kappa shape index (κ3) is 3.80. The summed E-state index contributed by atoms with van der Waals surface area (Å²) in [6.07, 6.45) is 3.10. The lowest BCUT2D eigenvalue weighted by Gasteiger charge is -2.35. The van der Waals surface area contributed by atoms with Crippen molar-refractivity contribution in [1.82, 2.24) is 4.90 Å². The molecule has 0 unspecified atom stereocenters. The number of carboxylic acids is 1. The minimum Gasteiger partial charge on any atom is -0.481 e. The fourth-order valence-corrected chi connectivity index (χ4v) is 2.82. The van der Waals surface area contributed by atoms with Crippen molar-refractivity contribution in [2.75, 3.05) is 6.54 Å². The molecule has 2 rings (SSSR count). The number of nitrogens with zero attached hydrogens (tertiary/aromatic N) is 1. The van der Waals surface area contributed by atoms with E-state index in [1.807, 2.05) is 6.92 Å². The van der Waals surface area contributed by atoms with Crippen molar-refractivity contribution in [1.29, 1.82) is 0 Å². The molecular weight excluding hydrogens is 273 g/mol. The van der Waals surface area contributed by atoms with Crippen LogP contribution in [-0.4, -0.2) is 34.5 Å². The maximum Gasteiger partial charge on any atom is 0.303 e. The Labute approximate surface area is 123 Å². The Morgan fingerprint density at radius 1 is 1.38 bits per heavy atom. The van der Waals surface area contributed by atoms with Crippen LogP contribution in [0.2, 0.25) is 0 Å². The van der Waals surface area contributed by atoms with Crippen LogP contribution >= 0.6 is 0 Å². The molecule has 1 fully saturated rings. The fraction of sp³-hybridized carbons (Fsp3) is 0.500. The summed E-state index contributed by atoms with van der Waals surface area (Å²) in [6, 6.07) is 4.38. The average molecular weight is 293 g/mol. The zero-order valence-electron chi connectivity index (χ0n) is 12.1. The van der Waals surface area contributed by atoms with Crippen molar-refractivity contribution >= 4 is 11.9 Å². The Bertz CT molecular complexity index is 544. The molecule has 0 bridgehead atoms. The highest BCUT2D eigenvalue weighted by Gasteiger charge is 2.29. The van der Waals surface area contributed by atoms with Gasteiger partial charge in [0.2, 0.25) is 0 Å². The van der Waals surface area contributed by atoms with E-state index in [1.54, 1.807) is 17.0 Å². The molecule has 1 heterocycles. The minimum atomic E-state index is -0.866. The number of amides is 1. The molecule has 0 radical (unpaired) electrons. The normalized spacial score (nSPS) is 18.6. The van der Waals surface area contributed by atoms with E-state index in [9.17, 15) is 14.0 Å². The van der Waals surface area contributed by atoms with Gasteiger partial charge in [-0.2, -0.15) is 0 Å². The molecule has 1 aromatic carbocycles. The molecule has 21 heavy (non-hydrogen) atoms. The quantitative estimate of drug-likeness (QED) is 0.928. The monoisotopic (exact) mass is 293 g/mol. The van der Waals surface area contributed by atoms with Crippen LogP contribution in [-0.2, 0) is 4.79 Å². The molecule has 1 amide bonds. The molecule has 0 aromatic heterocycles. The molecule has 5 heteroatoms. The Morgan fingerprint density at radius 2 is 2.14 bits per heavy atom. The molecular formula is C16H20FNO3. The average Bonchev–Trinajstić information content (AvgIpc) is 2.47. The van der Waals surface area contributed by atoms with Gasteiger partial charge < -0.3 is 10.0 Å². The smallest absolute Gasteiger partial charge is 0.303 e. The lowest BCUT2D eigenvalue weighted by Crippen LogP contribution is -2.44. The maximum atomic E-state index is 13.9. The summed E-state index contributed by atoms with van der Waals surface area (Å²) in [5.74, 6) is -1.71. The first kappa shape index (κ1) is 15.5. The van der Waals surface area contributed by atoms with Crippen LogP contribution < -0.4 is 0 Å². The van der Waals surface area contributed by atoms with Gasteiger partial charge in [-0.3, -0.25) is 9.59 Å². The summed E-state index contributed by atoms with van der Waals surface area (Å²) in [6.45, 7) is 2.38. The topological polar surface area (TPSA) is 57.6 Å². The van der Waals surface area contributed by atoms with Crippen molar-refractivity contribution in [3.8, 4) is 0 Å². The van der Waals surface area contributed by atoms with Crippen molar-refractivity contribution < 1.29 is 19.1 Å². The molecule has 1 aliphatic heterocycles. The number of aliphatic carboxylic acids is 1. The predicted molar refractivity (Wildman–Crippen MR) is 76.7 cm³/mol. The highest BCUT2D eigenvalue weighted by atomic mass is 19.1. The van der Waals surface area contributed by atoms with Gasteiger partial charge in [-0.25, -0.2) is 4.39 Å². The number of hydrogen-bond donors (Lipinski definition) is 1. The molecule has 1 aromatic rings. The number of carbonyl (C=O) groups is 2. The van der Waals surface area contributed by atoms with E-state index in [-0.39, 0.29) is 23.9 Å². The Balaban J connectivity index is 2.18. The van der Waals surface area contributed by atoms with E-state index in [0.717, 1.165) is 24.8 Å². The number of carboxylic acid groups (broad SMARTS) is 1. The fourth-order valence-electron chi connectivity index (χ4n) is 2.82. The molecule has 0 aliphatic carbocycles. The number of hydrogen-bond acceptors (Lipinski definition) is 2. The molecule has 1 N–H and O–H groups in total. The van der Waals surface area contributed by atoms with E-state index < -0.39 is 11.8 Å². The zero-order valence-corrected chi connectivity index (χ0v) is 12.1. The molecule has 0 spiro atoms. The van der Waals surface area contributed by atoms with Gasteiger partial charge in [-0.1, -0.05) is 11.6 Å². The first-order valence-corrected chi connectivity index (χ1v) is 7.28. The summed E-state index contributed by atoms with van der Waals surface area (Å²) in [5, 5.41) is 8.80.